The molecule has 1 saturated heterocycles. The summed E-state index contributed by atoms with van der Waals surface area (Å²) in [5, 5.41) is 3.01. The van der Waals surface area contributed by atoms with Crippen LogP contribution in [0.4, 0.5) is 0 Å². The number of amides is 2. The lowest BCUT2D eigenvalue weighted by atomic mass is 9.88. The number of piperidine rings is 1. The van der Waals surface area contributed by atoms with Crippen LogP contribution in [0.1, 0.15) is 35.6 Å². The third-order valence-electron chi connectivity index (χ3n) is 5.87. The lowest BCUT2D eigenvalue weighted by Gasteiger charge is -2.39. The number of hydrogen-bond acceptors (Lipinski definition) is 5. The van der Waals surface area contributed by atoms with Gasteiger partial charge >= 0.3 is 0 Å². The van der Waals surface area contributed by atoms with Gasteiger partial charge in [0.1, 0.15) is 6.61 Å². The maximum atomic E-state index is 12.9. The third kappa shape index (κ3) is 4.82. The highest BCUT2D eigenvalue weighted by molar-refractivity contribution is 5.82. The van der Waals surface area contributed by atoms with Crippen molar-refractivity contribution in [3.8, 4) is 11.5 Å². The second kappa shape index (κ2) is 9.39. The van der Waals surface area contributed by atoms with Crippen LogP contribution in [-0.2, 0) is 20.9 Å². The van der Waals surface area contributed by atoms with Gasteiger partial charge in [-0.25, -0.2) is 0 Å². The van der Waals surface area contributed by atoms with Gasteiger partial charge in [-0.15, -0.1) is 0 Å². The van der Waals surface area contributed by atoms with Crippen molar-refractivity contribution >= 4 is 11.8 Å². The lowest BCUT2D eigenvalue weighted by molar-refractivity contribution is -0.142. The Morgan fingerprint density at radius 3 is 2.77 bits per heavy atom. The van der Waals surface area contributed by atoms with E-state index in [1.54, 1.807) is 4.90 Å². The minimum absolute atomic E-state index is 0.00779. The number of carbonyl (C=O) groups excluding carboxylic acids is 2. The first-order valence-electron chi connectivity index (χ1n) is 10.6. The minimum Gasteiger partial charge on any atom is -0.454 e. The van der Waals surface area contributed by atoms with Crippen LogP contribution in [0, 0.1) is 12.8 Å². The Labute approximate surface area is 182 Å². The highest BCUT2D eigenvalue weighted by Gasteiger charge is 2.35. The van der Waals surface area contributed by atoms with Crippen LogP contribution >= 0.6 is 0 Å². The Morgan fingerprint density at radius 2 is 1.97 bits per heavy atom. The number of carbonyl (C=O) groups is 2. The molecule has 2 amide bonds. The van der Waals surface area contributed by atoms with Gasteiger partial charge in [-0.05, 0) is 43.0 Å². The highest BCUT2D eigenvalue weighted by atomic mass is 16.7. The summed E-state index contributed by atoms with van der Waals surface area (Å²) < 4.78 is 15.8. The SMILES string of the molecule is COCC(=O)N1CC(C(=O)NCc2ccc3c(c2)OCO3)CCC1c1cccc(C)c1. The molecule has 4 rings (SSSR count). The number of rotatable bonds is 6. The van der Waals surface area contributed by atoms with E-state index >= 15 is 0 Å². The van der Waals surface area contributed by atoms with Crippen molar-refractivity contribution in [3.05, 3.63) is 59.2 Å². The molecule has 2 aliphatic heterocycles. The van der Waals surface area contributed by atoms with E-state index in [2.05, 4.69) is 11.4 Å². The average Bonchev–Trinajstić information content (AvgIpc) is 3.25. The van der Waals surface area contributed by atoms with Gasteiger partial charge in [-0.1, -0.05) is 35.9 Å². The van der Waals surface area contributed by atoms with E-state index in [9.17, 15) is 9.59 Å². The Hall–Kier alpha value is -3.06. The number of ether oxygens (including phenoxy) is 3. The van der Waals surface area contributed by atoms with Crippen LogP contribution in [0.2, 0.25) is 0 Å². The monoisotopic (exact) mass is 424 g/mol. The zero-order chi connectivity index (χ0) is 21.8. The summed E-state index contributed by atoms with van der Waals surface area (Å²) in [6, 6.07) is 13.8. The summed E-state index contributed by atoms with van der Waals surface area (Å²) in [6.07, 6.45) is 1.46. The summed E-state index contributed by atoms with van der Waals surface area (Å²) in [5.74, 6) is 1.02. The van der Waals surface area contributed by atoms with Gasteiger partial charge in [0.25, 0.3) is 0 Å². The molecule has 0 saturated carbocycles. The van der Waals surface area contributed by atoms with Gasteiger partial charge in [-0.3, -0.25) is 9.59 Å². The first kappa shape index (κ1) is 21.2. The molecule has 0 aliphatic carbocycles. The van der Waals surface area contributed by atoms with Crippen molar-refractivity contribution in [2.45, 2.75) is 32.4 Å². The molecule has 2 unspecified atom stereocenters. The summed E-state index contributed by atoms with van der Waals surface area (Å²) in [4.78, 5) is 27.5. The van der Waals surface area contributed by atoms with E-state index in [-0.39, 0.29) is 37.2 Å². The van der Waals surface area contributed by atoms with Crippen molar-refractivity contribution < 1.29 is 23.8 Å². The average molecular weight is 424 g/mol. The summed E-state index contributed by atoms with van der Waals surface area (Å²) >= 11 is 0. The van der Waals surface area contributed by atoms with E-state index < -0.39 is 0 Å². The van der Waals surface area contributed by atoms with Crippen molar-refractivity contribution in [2.75, 3.05) is 27.1 Å². The van der Waals surface area contributed by atoms with Gasteiger partial charge in [0.15, 0.2) is 11.5 Å². The molecule has 2 aliphatic rings. The van der Waals surface area contributed by atoms with Crippen LogP contribution in [0.5, 0.6) is 11.5 Å². The predicted octanol–water partition coefficient (Wildman–Crippen LogP) is 2.97. The van der Waals surface area contributed by atoms with Crippen molar-refractivity contribution in [1.29, 1.82) is 0 Å². The molecule has 7 heteroatoms. The van der Waals surface area contributed by atoms with Gasteiger partial charge in [0, 0.05) is 20.2 Å². The topological polar surface area (TPSA) is 77.1 Å². The molecule has 0 radical (unpaired) electrons. The summed E-state index contributed by atoms with van der Waals surface area (Å²) in [6.45, 7) is 3.06. The lowest BCUT2D eigenvalue weighted by Crippen LogP contribution is -2.47. The van der Waals surface area contributed by atoms with Crippen LogP contribution in [0.15, 0.2) is 42.5 Å². The molecular formula is C24H28N2O5. The highest BCUT2D eigenvalue weighted by Crippen LogP contribution is 2.35. The number of likely N-dealkylation sites (tertiary alicyclic amines) is 1. The van der Waals surface area contributed by atoms with Crippen molar-refractivity contribution in [3.63, 3.8) is 0 Å². The van der Waals surface area contributed by atoms with Crippen molar-refractivity contribution in [2.24, 2.45) is 5.92 Å². The number of methoxy groups -OCH3 is 1. The Kier molecular flexibility index (Phi) is 6.42. The molecule has 1 fully saturated rings. The largest absolute Gasteiger partial charge is 0.454 e. The molecule has 2 atom stereocenters. The summed E-state index contributed by atoms with van der Waals surface area (Å²) in [5.41, 5.74) is 3.20. The fraction of sp³-hybridized carbons (Fsp3) is 0.417. The fourth-order valence-electron chi connectivity index (χ4n) is 4.28. The molecular weight excluding hydrogens is 396 g/mol. The van der Waals surface area contributed by atoms with Crippen molar-refractivity contribution in [1.82, 2.24) is 10.2 Å². The van der Waals surface area contributed by atoms with Crippen LogP contribution in [0.3, 0.4) is 0 Å². The number of aryl methyl sites for hydroxylation is 1. The minimum atomic E-state index is -0.254. The van der Waals surface area contributed by atoms with Gasteiger partial charge in [0.05, 0.1) is 12.0 Å². The maximum absolute atomic E-state index is 12.9. The van der Waals surface area contributed by atoms with Crippen LogP contribution < -0.4 is 14.8 Å². The van der Waals surface area contributed by atoms with Gasteiger partial charge in [-0.2, -0.15) is 0 Å². The molecule has 31 heavy (non-hydrogen) atoms. The molecule has 2 aromatic carbocycles. The van der Waals surface area contributed by atoms with E-state index in [4.69, 9.17) is 14.2 Å². The zero-order valence-corrected chi connectivity index (χ0v) is 17.9. The number of nitrogens with zero attached hydrogens (tertiary/aromatic N) is 1. The molecule has 2 aromatic rings. The Morgan fingerprint density at radius 1 is 1.13 bits per heavy atom. The molecule has 7 nitrogen and oxygen atoms in total. The molecule has 0 bridgehead atoms. The van der Waals surface area contributed by atoms with Gasteiger partial charge in [0.2, 0.25) is 18.6 Å². The summed E-state index contributed by atoms with van der Waals surface area (Å²) in [7, 11) is 1.51. The Bertz CT molecular complexity index is 961. The number of hydrogen-bond donors (Lipinski definition) is 1. The molecule has 164 valence electrons. The molecule has 0 spiro atoms. The third-order valence-corrected chi connectivity index (χ3v) is 5.87. The Balaban J connectivity index is 1.42. The van der Waals surface area contributed by atoms with Gasteiger partial charge < -0.3 is 24.4 Å². The standard InChI is InChI=1S/C24H28N2O5/c1-16-4-3-5-18(10-16)20-8-7-19(13-26(20)23(27)14-29-2)24(28)25-12-17-6-9-21-22(11-17)31-15-30-21/h3-6,9-11,19-20H,7-8,12-15H2,1-2H3,(H,25,28). The number of benzene rings is 2. The van der Waals surface area contributed by atoms with E-state index in [0.29, 0.717) is 18.8 Å². The van der Waals surface area contributed by atoms with E-state index in [1.807, 2.05) is 43.3 Å². The zero-order valence-electron chi connectivity index (χ0n) is 17.9. The predicted molar refractivity (Wildman–Crippen MR) is 115 cm³/mol. The quantitative estimate of drug-likeness (QED) is 0.772. The second-order valence-electron chi connectivity index (χ2n) is 8.09. The number of nitrogens with one attached hydrogen (secondary N) is 1. The van der Waals surface area contributed by atoms with E-state index in [1.165, 1.54) is 7.11 Å². The molecule has 2 heterocycles. The first-order chi connectivity index (χ1) is 15.0. The normalized spacial score (nSPS) is 19.9. The second-order valence-corrected chi connectivity index (χ2v) is 8.09. The maximum Gasteiger partial charge on any atom is 0.249 e. The smallest absolute Gasteiger partial charge is 0.249 e. The van der Waals surface area contributed by atoms with Crippen LogP contribution in [0.25, 0.3) is 0 Å². The molecule has 0 aromatic heterocycles. The fourth-order valence-corrected chi connectivity index (χ4v) is 4.28. The number of fused-ring (bicyclic) bond motifs is 1. The first-order valence-corrected chi connectivity index (χ1v) is 10.6. The van der Waals surface area contributed by atoms with E-state index in [0.717, 1.165) is 35.3 Å². The van der Waals surface area contributed by atoms with Crippen LogP contribution in [-0.4, -0.2) is 43.8 Å². The molecule has 1 N–H and O–H groups in total.